The molecule has 0 heterocycles. The molecule has 0 aliphatic carbocycles. The Labute approximate surface area is 153 Å². The summed E-state index contributed by atoms with van der Waals surface area (Å²) in [6, 6.07) is 0. The Kier molecular flexibility index (Phi) is 12.9. The highest BCUT2D eigenvalue weighted by Gasteiger charge is 2.26. The zero-order chi connectivity index (χ0) is 19.9. The third-order valence-electron chi connectivity index (χ3n) is 4.40. The highest BCUT2D eigenvalue weighted by Crippen LogP contribution is 2.24. The molecule has 0 aliphatic rings. The molecule has 8 heteroatoms. The largest absolute Gasteiger partial charge is 0.481 e. The number of hydrogen-bond acceptors (Lipinski definition) is 4. The summed E-state index contributed by atoms with van der Waals surface area (Å²) in [6.07, 6.45) is 5.23. The van der Waals surface area contributed by atoms with E-state index in [-0.39, 0.29) is 19.3 Å². The van der Waals surface area contributed by atoms with Crippen molar-refractivity contribution < 1.29 is 39.6 Å². The third kappa shape index (κ3) is 13.2. The van der Waals surface area contributed by atoms with Gasteiger partial charge >= 0.3 is 23.9 Å². The van der Waals surface area contributed by atoms with E-state index in [1.807, 2.05) is 0 Å². The molecule has 8 nitrogen and oxygen atoms in total. The average Bonchev–Trinajstić information content (AvgIpc) is 2.53. The van der Waals surface area contributed by atoms with Crippen molar-refractivity contribution in [3.63, 3.8) is 0 Å². The number of aliphatic carboxylic acids is 4. The van der Waals surface area contributed by atoms with E-state index < -0.39 is 35.7 Å². The van der Waals surface area contributed by atoms with Gasteiger partial charge in [-0.25, -0.2) is 0 Å². The predicted molar refractivity (Wildman–Crippen MR) is 92.9 cm³/mol. The van der Waals surface area contributed by atoms with Gasteiger partial charge in [-0.1, -0.05) is 32.1 Å². The lowest BCUT2D eigenvalue weighted by Crippen LogP contribution is -2.23. The van der Waals surface area contributed by atoms with Crippen molar-refractivity contribution in [1.82, 2.24) is 0 Å². The van der Waals surface area contributed by atoms with E-state index in [4.69, 9.17) is 10.2 Å². The van der Waals surface area contributed by atoms with Crippen LogP contribution in [0.15, 0.2) is 0 Å². The fourth-order valence-corrected chi connectivity index (χ4v) is 2.89. The minimum Gasteiger partial charge on any atom is -0.481 e. The molecular formula is C18H30O8. The molecule has 0 saturated heterocycles. The highest BCUT2D eigenvalue weighted by atomic mass is 16.4. The quantitative estimate of drug-likeness (QED) is 0.283. The summed E-state index contributed by atoms with van der Waals surface area (Å²) in [5.41, 5.74) is 0. The van der Waals surface area contributed by atoms with E-state index in [1.54, 1.807) is 0 Å². The Morgan fingerprint density at radius 2 is 0.885 bits per heavy atom. The fourth-order valence-electron chi connectivity index (χ4n) is 2.89. The minimum atomic E-state index is -1.02. The van der Waals surface area contributed by atoms with Crippen LogP contribution in [0.1, 0.15) is 77.0 Å². The standard InChI is InChI=1S/C18H30O8/c19-15(20)10-6-2-1-4-8-13(17(23)24)12-14(18(25)26)9-5-3-7-11-16(21)22/h13-14H,1-12H2,(H,19,20)(H,21,22)(H,23,24)(H,25,26). The lowest BCUT2D eigenvalue weighted by atomic mass is 9.87. The Balaban J connectivity index is 4.21. The normalized spacial score (nSPS) is 13.1. The van der Waals surface area contributed by atoms with Crippen LogP contribution in [0, 0.1) is 11.8 Å². The second-order valence-corrected chi connectivity index (χ2v) is 6.65. The minimum absolute atomic E-state index is 0.0529. The number of rotatable bonds is 17. The SMILES string of the molecule is O=C(O)CCCCCCC(CC(CCCCCC(=O)O)C(=O)O)C(=O)O. The van der Waals surface area contributed by atoms with E-state index in [0.717, 1.165) is 6.42 Å². The van der Waals surface area contributed by atoms with Crippen LogP contribution in [0.3, 0.4) is 0 Å². The number of unbranched alkanes of at least 4 members (excludes halogenated alkanes) is 5. The van der Waals surface area contributed by atoms with Crippen LogP contribution in [0.2, 0.25) is 0 Å². The maximum absolute atomic E-state index is 11.4. The van der Waals surface area contributed by atoms with Crippen molar-refractivity contribution in [2.45, 2.75) is 77.0 Å². The molecule has 0 aromatic heterocycles. The summed E-state index contributed by atoms with van der Waals surface area (Å²) < 4.78 is 0. The number of carbonyl (C=O) groups is 4. The van der Waals surface area contributed by atoms with Crippen molar-refractivity contribution in [1.29, 1.82) is 0 Å². The van der Waals surface area contributed by atoms with Gasteiger partial charge in [0.05, 0.1) is 11.8 Å². The number of hydrogen-bond donors (Lipinski definition) is 4. The summed E-state index contributed by atoms with van der Waals surface area (Å²) >= 11 is 0. The van der Waals surface area contributed by atoms with Crippen molar-refractivity contribution >= 4 is 23.9 Å². The van der Waals surface area contributed by atoms with Gasteiger partial charge in [-0.05, 0) is 32.1 Å². The Hall–Kier alpha value is -2.12. The first-order chi connectivity index (χ1) is 12.2. The maximum atomic E-state index is 11.4. The molecule has 0 rings (SSSR count). The summed E-state index contributed by atoms with van der Waals surface area (Å²) in [5, 5.41) is 35.7. The third-order valence-corrected chi connectivity index (χ3v) is 4.40. The molecule has 0 aromatic carbocycles. The van der Waals surface area contributed by atoms with Gasteiger partial charge in [0.2, 0.25) is 0 Å². The highest BCUT2D eigenvalue weighted by molar-refractivity contribution is 5.73. The second-order valence-electron chi connectivity index (χ2n) is 6.65. The second kappa shape index (κ2) is 14.1. The molecule has 0 spiro atoms. The van der Waals surface area contributed by atoms with Crippen molar-refractivity contribution in [2.24, 2.45) is 11.8 Å². The molecule has 0 bridgehead atoms. The van der Waals surface area contributed by atoms with E-state index in [2.05, 4.69) is 0 Å². The smallest absolute Gasteiger partial charge is 0.306 e. The van der Waals surface area contributed by atoms with Crippen LogP contribution >= 0.6 is 0 Å². The molecule has 0 saturated carbocycles. The van der Waals surface area contributed by atoms with Gasteiger partial charge in [-0.3, -0.25) is 19.2 Å². The molecule has 26 heavy (non-hydrogen) atoms. The number of carboxylic acid groups (broad SMARTS) is 4. The molecule has 0 aliphatic heterocycles. The molecule has 0 radical (unpaired) electrons. The van der Waals surface area contributed by atoms with Crippen molar-refractivity contribution in [2.75, 3.05) is 0 Å². The van der Waals surface area contributed by atoms with Crippen LogP contribution in [0.4, 0.5) is 0 Å². The lowest BCUT2D eigenvalue weighted by molar-refractivity contribution is -0.146. The molecule has 0 fully saturated rings. The van der Waals surface area contributed by atoms with Gasteiger partial charge in [0.25, 0.3) is 0 Å². The molecule has 2 atom stereocenters. The number of carboxylic acids is 4. The Morgan fingerprint density at radius 1 is 0.538 bits per heavy atom. The maximum Gasteiger partial charge on any atom is 0.306 e. The molecule has 2 unspecified atom stereocenters. The van der Waals surface area contributed by atoms with E-state index in [0.29, 0.717) is 51.4 Å². The summed E-state index contributed by atoms with van der Waals surface area (Å²) in [6.45, 7) is 0. The zero-order valence-corrected chi connectivity index (χ0v) is 15.1. The van der Waals surface area contributed by atoms with Crippen LogP contribution in [0.25, 0.3) is 0 Å². The first-order valence-corrected chi connectivity index (χ1v) is 9.13. The van der Waals surface area contributed by atoms with Gasteiger partial charge in [-0.15, -0.1) is 0 Å². The molecule has 0 amide bonds. The zero-order valence-electron chi connectivity index (χ0n) is 15.1. The van der Waals surface area contributed by atoms with Crippen molar-refractivity contribution in [3.05, 3.63) is 0 Å². The van der Waals surface area contributed by atoms with Gasteiger partial charge in [-0.2, -0.15) is 0 Å². The Morgan fingerprint density at radius 3 is 1.23 bits per heavy atom. The topological polar surface area (TPSA) is 149 Å². The van der Waals surface area contributed by atoms with Crippen molar-refractivity contribution in [3.8, 4) is 0 Å². The lowest BCUT2D eigenvalue weighted by Gasteiger charge is -2.18. The monoisotopic (exact) mass is 374 g/mol. The molecule has 0 aromatic rings. The predicted octanol–water partition coefficient (Wildman–Crippen LogP) is 3.24. The first kappa shape index (κ1) is 23.9. The van der Waals surface area contributed by atoms with E-state index in [9.17, 15) is 29.4 Å². The van der Waals surface area contributed by atoms with Crippen LogP contribution in [-0.2, 0) is 19.2 Å². The molecular weight excluding hydrogens is 344 g/mol. The summed E-state index contributed by atoms with van der Waals surface area (Å²) in [7, 11) is 0. The van der Waals surface area contributed by atoms with Gasteiger partial charge in [0.1, 0.15) is 0 Å². The fraction of sp³-hybridized carbons (Fsp3) is 0.778. The van der Waals surface area contributed by atoms with Gasteiger partial charge in [0, 0.05) is 12.8 Å². The Bertz CT molecular complexity index is 460. The van der Waals surface area contributed by atoms with Crippen LogP contribution < -0.4 is 0 Å². The van der Waals surface area contributed by atoms with Crippen LogP contribution in [0.5, 0.6) is 0 Å². The summed E-state index contributed by atoms with van der Waals surface area (Å²) in [5.74, 6) is -5.22. The van der Waals surface area contributed by atoms with Crippen LogP contribution in [-0.4, -0.2) is 44.3 Å². The van der Waals surface area contributed by atoms with Gasteiger partial charge < -0.3 is 20.4 Å². The average molecular weight is 374 g/mol. The first-order valence-electron chi connectivity index (χ1n) is 9.13. The van der Waals surface area contributed by atoms with E-state index in [1.165, 1.54) is 0 Å². The molecule has 150 valence electrons. The van der Waals surface area contributed by atoms with Gasteiger partial charge in [0.15, 0.2) is 0 Å². The van der Waals surface area contributed by atoms with E-state index >= 15 is 0 Å². The summed E-state index contributed by atoms with van der Waals surface area (Å²) in [4.78, 5) is 43.6. The molecule has 4 N–H and O–H groups in total.